The zero-order valence-corrected chi connectivity index (χ0v) is 12.6. The van der Waals surface area contributed by atoms with Crippen molar-refractivity contribution in [3.8, 4) is 5.75 Å². The van der Waals surface area contributed by atoms with Crippen LogP contribution in [0, 0.1) is 5.82 Å². The third-order valence-corrected chi connectivity index (χ3v) is 3.25. The maximum Gasteiger partial charge on any atom is 0.265 e. The van der Waals surface area contributed by atoms with Gasteiger partial charge in [0.15, 0.2) is 6.10 Å². The van der Waals surface area contributed by atoms with Crippen molar-refractivity contribution in [3.05, 3.63) is 58.3 Å². The summed E-state index contributed by atoms with van der Waals surface area (Å²) < 4.78 is 18.2. The van der Waals surface area contributed by atoms with E-state index >= 15 is 0 Å². The van der Waals surface area contributed by atoms with E-state index in [1.165, 1.54) is 24.3 Å². The first-order chi connectivity index (χ1) is 9.95. The van der Waals surface area contributed by atoms with Crippen LogP contribution in [0.2, 0.25) is 10.0 Å². The Morgan fingerprint density at radius 3 is 2.52 bits per heavy atom. The van der Waals surface area contributed by atoms with Gasteiger partial charge in [0, 0.05) is 5.02 Å². The molecular formula is C15H12Cl2FNO2. The van der Waals surface area contributed by atoms with E-state index < -0.39 is 6.10 Å². The third kappa shape index (κ3) is 4.34. The lowest BCUT2D eigenvalue weighted by Crippen LogP contribution is -2.30. The Morgan fingerprint density at radius 1 is 1.19 bits per heavy atom. The predicted molar refractivity (Wildman–Crippen MR) is 81.6 cm³/mol. The molecule has 21 heavy (non-hydrogen) atoms. The van der Waals surface area contributed by atoms with Crippen molar-refractivity contribution in [2.45, 2.75) is 13.0 Å². The Morgan fingerprint density at radius 2 is 1.86 bits per heavy atom. The normalized spacial score (nSPS) is 11.8. The first kappa shape index (κ1) is 15.6. The minimum atomic E-state index is -0.773. The summed E-state index contributed by atoms with van der Waals surface area (Å²) in [6.45, 7) is 1.58. The van der Waals surface area contributed by atoms with E-state index in [1.807, 2.05) is 0 Å². The zero-order chi connectivity index (χ0) is 15.4. The van der Waals surface area contributed by atoms with Crippen LogP contribution in [0.15, 0.2) is 42.5 Å². The largest absolute Gasteiger partial charge is 0.481 e. The monoisotopic (exact) mass is 327 g/mol. The number of hydrogen-bond donors (Lipinski definition) is 1. The van der Waals surface area contributed by atoms with Gasteiger partial charge in [-0.05, 0) is 49.4 Å². The summed E-state index contributed by atoms with van der Waals surface area (Å²) in [6.07, 6.45) is -0.773. The molecular weight excluding hydrogens is 316 g/mol. The number of halogens is 3. The number of rotatable bonds is 4. The van der Waals surface area contributed by atoms with Crippen LogP contribution >= 0.6 is 23.2 Å². The second-order valence-electron chi connectivity index (χ2n) is 4.33. The smallest absolute Gasteiger partial charge is 0.265 e. The summed E-state index contributed by atoms with van der Waals surface area (Å²) in [5.74, 6) is -0.357. The first-order valence-electron chi connectivity index (χ1n) is 6.14. The predicted octanol–water partition coefficient (Wildman–Crippen LogP) is 4.54. The maximum atomic E-state index is 12.8. The fourth-order valence-electron chi connectivity index (χ4n) is 1.60. The lowest BCUT2D eigenvalue weighted by atomic mass is 10.3. The highest BCUT2D eigenvalue weighted by Crippen LogP contribution is 2.25. The Kier molecular flexibility index (Phi) is 5.04. The molecule has 3 nitrogen and oxygen atoms in total. The molecule has 0 heterocycles. The highest BCUT2D eigenvalue weighted by Gasteiger charge is 2.16. The van der Waals surface area contributed by atoms with Crippen LogP contribution in [-0.4, -0.2) is 12.0 Å². The van der Waals surface area contributed by atoms with Crippen LogP contribution in [0.25, 0.3) is 0 Å². The van der Waals surface area contributed by atoms with Crippen molar-refractivity contribution in [3.63, 3.8) is 0 Å². The van der Waals surface area contributed by atoms with Crippen LogP contribution in [0.4, 0.5) is 10.1 Å². The average Bonchev–Trinajstić information content (AvgIpc) is 2.45. The molecule has 110 valence electrons. The summed E-state index contributed by atoms with van der Waals surface area (Å²) >= 11 is 11.8. The molecule has 0 radical (unpaired) electrons. The molecule has 1 N–H and O–H groups in total. The average molecular weight is 328 g/mol. The molecule has 2 rings (SSSR count). The van der Waals surface area contributed by atoms with E-state index in [4.69, 9.17) is 27.9 Å². The molecule has 0 aromatic heterocycles. The molecule has 0 spiro atoms. The van der Waals surface area contributed by atoms with E-state index in [2.05, 4.69) is 5.32 Å². The fraction of sp³-hybridized carbons (Fsp3) is 0.133. The molecule has 2 aromatic carbocycles. The minimum absolute atomic E-state index is 0.370. The number of carbonyl (C=O) groups is 1. The molecule has 1 unspecified atom stereocenters. The summed E-state index contributed by atoms with van der Waals surface area (Å²) in [4.78, 5) is 12.0. The van der Waals surface area contributed by atoms with Gasteiger partial charge in [-0.1, -0.05) is 23.2 Å². The van der Waals surface area contributed by atoms with Crippen LogP contribution in [-0.2, 0) is 4.79 Å². The quantitative estimate of drug-likeness (QED) is 0.895. The second kappa shape index (κ2) is 6.78. The number of carbonyl (C=O) groups excluding carboxylic acids is 1. The summed E-state index contributed by atoms with van der Waals surface area (Å²) in [5, 5.41) is 3.46. The Balaban J connectivity index is 2.02. The first-order valence-corrected chi connectivity index (χ1v) is 6.89. The number of hydrogen-bond acceptors (Lipinski definition) is 2. The number of amides is 1. The van der Waals surface area contributed by atoms with Crippen LogP contribution < -0.4 is 10.1 Å². The highest BCUT2D eigenvalue weighted by atomic mass is 35.5. The van der Waals surface area contributed by atoms with Crippen molar-refractivity contribution in [2.24, 2.45) is 0 Å². The molecule has 0 aliphatic carbocycles. The molecule has 0 fully saturated rings. The number of nitrogens with one attached hydrogen (secondary N) is 1. The van der Waals surface area contributed by atoms with Gasteiger partial charge in [-0.15, -0.1) is 0 Å². The van der Waals surface area contributed by atoms with E-state index in [1.54, 1.807) is 25.1 Å². The van der Waals surface area contributed by atoms with Crippen LogP contribution in [0.5, 0.6) is 5.75 Å². The molecule has 0 saturated heterocycles. The topological polar surface area (TPSA) is 38.3 Å². The molecule has 2 aromatic rings. The van der Waals surface area contributed by atoms with Gasteiger partial charge < -0.3 is 10.1 Å². The standard InChI is InChI=1S/C15H12Cl2FNO2/c1-9(21-12-5-3-11(18)4-6-12)15(20)19-14-8-10(16)2-7-13(14)17/h2-9H,1H3,(H,19,20). The molecule has 1 atom stereocenters. The molecule has 6 heteroatoms. The van der Waals surface area contributed by atoms with Crippen LogP contribution in [0.1, 0.15) is 6.92 Å². The SMILES string of the molecule is CC(Oc1ccc(F)cc1)C(=O)Nc1cc(Cl)ccc1Cl. The van der Waals surface area contributed by atoms with Crippen molar-refractivity contribution < 1.29 is 13.9 Å². The van der Waals surface area contributed by atoms with Gasteiger partial charge in [0.25, 0.3) is 5.91 Å². The van der Waals surface area contributed by atoms with Gasteiger partial charge in [0.1, 0.15) is 11.6 Å². The van der Waals surface area contributed by atoms with Gasteiger partial charge in [-0.3, -0.25) is 4.79 Å². The van der Waals surface area contributed by atoms with Crippen molar-refractivity contribution in [1.82, 2.24) is 0 Å². The number of ether oxygens (including phenoxy) is 1. The second-order valence-corrected chi connectivity index (χ2v) is 5.17. The van der Waals surface area contributed by atoms with Gasteiger partial charge >= 0.3 is 0 Å². The van der Waals surface area contributed by atoms with Crippen molar-refractivity contribution in [2.75, 3.05) is 5.32 Å². The van der Waals surface area contributed by atoms with Gasteiger partial charge in [-0.2, -0.15) is 0 Å². The van der Waals surface area contributed by atoms with Crippen LogP contribution in [0.3, 0.4) is 0 Å². The van der Waals surface area contributed by atoms with E-state index in [0.29, 0.717) is 21.5 Å². The lowest BCUT2D eigenvalue weighted by Gasteiger charge is -2.15. The summed E-state index contributed by atoms with van der Waals surface area (Å²) in [5.41, 5.74) is 0.406. The fourth-order valence-corrected chi connectivity index (χ4v) is 1.94. The van der Waals surface area contributed by atoms with E-state index in [0.717, 1.165) is 0 Å². The van der Waals surface area contributed by atoms with E-state index in [9.17, 15) is 9.18 Å². The number of anilines is 1. The van der Waals surface area contributed by atoms with Gasteiger partial charge in [0.2, 0.25) is 0 Å². The molecule has 0 aliphatic heterocycles. The highest BCUT2D eigenvalue weighted by molar-refractivity contribution is 6.35. The third-order valence-electron chi connectivity index (χ3n) is 2.68. The van der Waals surface area contributed by atoms with E-state index in [-0.39, 0.29) is 11.7 Å². The molecule has 0 aliphatic rings. The summed E-state index contributed by atoms with van der Waals surface area (Å²) in [7, 11) is 0. The Bertz CT molecular complexity index is 647. The lowest BCUT2D eigenvalue weighted by molar-refractivity contribution is -0.122. The molecule has 0 saturated carbocycles. The van der Waals surface area contributed by atoms with Gasteiger partial charge in [0.05, 0.1) is 10.7 Å². The summed E-state index contributed by atoms with van der Waals surface area (Å²) in [6, 6.07) is 10.2. The molecule has 0 bridgehead atoms. The Labute approximate surface area is 131 Å². The maximum absolute atomic E-state index is 12.8. The number of benzene rings is 2. The minimum Gasteiger partial charge on any atom is -0.481 e. The van der Waals surface area contributed by atoms with Gasteiger partial charge in [-0.25, -0.2) is 4.39 Å². The zero-order valence-electron chi connectivity index (χ0n) is 11.1. The van der Waals surface area contributed by atoms with Crippen molar-refractivity contribution >= 4 is 34.8 Å². The Hall–Kier alpha value is -1.78. The van der Waals surface area contributed by atoms with Crippen molar-refractivity contribution in [1.29, 1.82) is 0 Å². The molecule has 1 amide bonds.